The van der Waals surface area contributed by atoms with Gasteiger partial charge in [0.15, 0.2) is 5.58 Å². The Kier molecular flexibility index (Phi) is 5.38. The number of carbonyl (C=O) groups is 1. The number of ether oxygens (including phenoxy) is 1. The quantitative estimate of drug-likeness (QED) is 0.435. The molecule has 1 N–H and O–H groups in total. The van der Waals surface area contributed by atoms with Gasteiger partial charge < -0.3 is 19.2 Å². The van der Waals surface area contributed by atoms with Crippen molar-refractivity contribution >= 4 is 22.8 Å². The van der Waals surface area contributed by atoms with Crippen LogP contribution in [0.25, 0.3) is 33.6 Å². The van der Waals surface area contributed by atoms with Crippen molar-refractivity contribution < 1.29 is 23.4 Å². The highest BCUT2D eigenvalue weighted by atomic mass is 19.1. The zero-order chi connectivity index (χ0) is 23.8. The molecule has 1 saturated heterocycles. The molecule has 0 radical (unpaired) electrons. The molecule has 1 aliphatic rings. The summed E-state index contributed by atoms with van der Waals surface area (Å²) in [4.78, 5) is 17.6. The van der Waals surface area contributed by atoms with Crippen molar-refractivity contribution in [2.24, 2.45) is 0 Å². The first-order chi connectivity index (χ1) is 16.5. The van der Waals surface area contributed by atoms with Crippen LogP contribution in [0.1, 0.15) is 22.3 Å². The van der Waals surface area contributed by atoms with Gasteiger partial charge in [-0.3, -0.25) is 4.98 Å². The molecule has 7 nitrogen and oxygen atoms in total. The number of anilines is 1. The van der Waals surface area contributed by atoms with Crippen molar-refractivity contribution in [1.29, 1.82) is 5.26 Å². The van der Waals surface area contributed by atoms with Gasteiger partial charge in [-0.25, -0.2) is 9.18 Å². The van der Waals surface area contributed by atoms with Crippen LogP contribution >= 0.6 is 0 Å². The molecule has 170 valence electrons. The number of aromatic carboxylic acids is 1. The summed E-state index contributed by atoms with van der Waals surface area (Å²) in [6.45, 7) is 0.871. The van der Waals surface area contributed by atoms with Gasteiger partial charge in [0.2, 0.25) is 0 Å². The molecule has 0 saturated carbocycles. The molecule has 1 aliphatic heterocycles. The number of carboxylic acid groups (broad SMARTS) is 1. The minimum absolute atomic E-state index is 0.108. The summed E-state index contributed by atoms with van der Waals surface area (Å²) < 4.78 is 25.2. The number of fused-ring (bicyclic) bond motifs is 1. The first kappa shape index (κ1) is 21.5. The number of hydrogen-bond donors (Lipinski definition) is 1. The van der Waals surface area contributed by atoms with Crippen molar-refractivity contribution in [3.63, 3.8) is 0 Å². The monoisotopic (exact) mass is 457 g/mol. The highest BCUT2D eigenvalue weighted by Gasteiger charge is 2.24. The minimum Gasteiger partial charge on any atom is -0.496 e. The molecule has 2 aromatic carbocycles. The predicted octanol–water partition coefficient (Wildman–Crippen LogP) is 5.29. The molecule has 0 bridgehead atoms. The number of benzene rings is 2. The standard InChI is InChI=1S/C26H20FN3O4/c1-33-23-11-16(26(31)32)2-4-20(23)24-12-21-25(34-24)19(6-8-29-21)15-3-5-22(17(10-15)13-28)30-9-7-18(27)14-30/h2-6,8,10-12,18H,7,9,14H2,1H3,(H,31,32). The van der Waals surface area contributed by atoms with Crippen LogP contribution in [-0.4, -0.2) is 42.4 Å². The number of alkyl halides is 1. The molecule has 1 unspecified atom stereocenters. The molecule has 2 aromatic heterocycles. The Balaban J connectivity index is 1.58. The Morgan fingerprint density at radius 3 is 2.79 bits per heavy atom. The third kappa shape index (κ3) is 3.71. The molecule has 1 fully saturated rings. The second kappa shape index (κ2) is 8.52. The maximum absolute atomic E-state index is 13.7. The highest BCUT2D eigenvalue weighted by Crippen LogP contribution is 2.38. The van der Waals surface area contributed by atoms with Crippen LogP contribution in [-0.2, 0) is 0 Å². The van der Waals surface area contributed by atoms with Gasteiger partial charge in [0.05, 0.1) is 29.5 Å². The molecule has 8 heteroatoms. The second-order valence-corrected chi connectivity index (χ2v) is 8.08. The average molecular weight is 457 g/mol. The Labute approximate surface area is 194 Å². The van der Waals surface area contributed by atoms with Gasteiger partial charge in [-0.15, -0.1) is 0 Å². The average Bonchev–Trinajstić information content (AvgIpc) is 3.49. The number of methoxy groups -OCH3 is 1. The summed E-state index contributed by atoms with van der Waals surface area (Å²) >= 11 is 0. The molecule has 1 atom stereocenters. The number of carboxylic acids is 1. The second-order valence-electron chi connectivity index (χ2n) is 8.08. The lowest BCUT2D eigenvalue weighted by atomic mass is 10.0. The van der Waals surface area contributed by atoms with E-state index in [4.69, 9.17) is 9.15 Å². The first-order valence-electron chi connectivity index (χ1n) is 10.7. The summed E-state index contributed by atoms with van der Waals surface area (Å²) in [5.41, 5.74) is 4.57. The molecule has 0 aliphatic carbocycles. The summed E-state index contributed by atoms with van der Waals surface area (Å²) in [5.74, 6) is -0.202. The maximum Gasteiger partial charge on any atom is 0.335 e. The van der Waals surface area contributed by atoms with E-state index in [0.717, 1.165) is 16.8 Å². The van der Waals surface area contributed by atoms with Crippen molar-refractivity contribution in [2.75, 3.05) is 25.1 Å². The van der Waals surface area contributed by atoms with Gasteiger partial charge in [-0.2, -0.15) is 5.26 Å². The van der Waals surface area contributed by atoms with Gasteiger partial charge in [-0.05, 0) is 48.4 Å². The van der Waals surface area contributed by atoms with Gasteiger partial charge >= 0.3 is 5.97 Å². The van der Waals surface area contributed by atoms with Crippen LogP contribution in [0.5, 0.6) is 5.75 Å². The van der Waals surface area contributed by atoms with E-state index < -0.39 is 12.1 Å². The van der Waals surface area contributed by atoms with Crippen LogP contribution in [0.3, 0.4) is 0 Å². The van der Waals surface area contributed by atoms with Gasteiger partial charge in [-0.1, -0.05) is 6.07 Å². The summed E-state index contributed by atoms with van der Waals surface area (Å²) in [6, 6.07) is 15.9. The highest BCUT2D eigenvalue weighted by molar-refractivity contribution is 5.94. The molecule has 34 heavy (non-hydrogen) atoms. The fraction of sp³-hybridized carbons (Fsp3) is 0.192. The molecule has 0 amide bonds. The summed E-state index contributed by atoms with van der Waals surface area (Å²) in [7, 11) is 1.47. The fourth-order valence-corrected chi connectivity index (χ4v) is 4.33. The molecule has 0 spiro atoms. The number of nitriles is 1. The zero-order valence-corrected chi connectivity index (χ0v) is 18.3. The SMILES string of the molecule is COc1cc(C(=O)O)ccc1-c1cc2nccc(-c3ccc(N4CCC(F)C4)c(C#N)c3)c2o1. The predicted molar refractivity (Wildman–Crippen MR) is 125 cm³/mol. The zero-order valence-electron chi connectivity index (χ0n) is 18.3. The largest absolute Gasteiger partial charge is 0.496 e. The van der Waals surface area contributed by atoms with E-state index in [-0.39, 0.29) is 12.1 Å². The van der Waals surface area contributed by atoms with Crippen LogP contribution in [0, 0.1) is 11.3 Å². The lowest BCUT2D eigenvalue weighted by Crippen LogP contribution is -2.20. The van der Waals surface area contributed by atoms with Gasteiger partial charge in [0.25, 0.3) is 0 Å². The fourth-order valence-electron chi connectivity index (χ4n) is 4.33. The van der Waals surface area contributed by atoms with E-state index >= 15 is 0 Å². The smallest absolute Gasteiger partial charge is 0.335 e. The van der Waals surface area contributed by atoms with Crippen LogP contribution in [0.4, 0.5) is 10.1 Å². The van der Waals surface area contributed by atoms with E-state index in [1.165, 1.54) is 19.2 Å². The van der Waals surface area contributed by atoms with Crippen molar-refractivity contribution in [2.45, 2.75) is 12.6 Å². The Hall–Kier alpha value is -4.38. The third-order valence-corrected chi connectivity index (χ3v) is 6.03. The lowest BCUT2D eigenvalue weighted by molar-refractivity contribution is 0.0696. The minimum atomic E-state index is -1.05. The number of nitrogens with zero attached hydrogens (tertiary/aromatic N) is 3. The Morgan fingerprint density at radius 1 is 1.24 bits per heavy atom. The Bertz CT molecular complexity index is 1460. The summed E-state index contributed by atoms with van der Waals surface area (Å²) in [5, 5.41) is 19.0. The van der Waals surface area contributed by atoms with Crippen LogP contribution in [0.2, 0.25) is 0 Å². The molecular formula is C26H20FN3O4. The van der Waals surface area contributed by atoms with Crippen LogP contribution < -0.4 is 9.64 Å². The maximum atomic E-state index is 13.7. The molecule has 5 rings (SSSR count). The molecule has 3 heterocycles. The Morgan fingerprint density at radius 2 is 2.09 bits per heavy atom. The van der Waals surface area contributed by atoms with Crippen molar-refractivity contribution in [1.82, 2.24) is 4.98 Å². The number of aromatic nitrogens is 1. The lowest BCUT2D eigenvalue weighted by Gasteiger charge is -2.19. The number of furan rings is 1. The molecular weight excluding hydrogens is 437 g/mol. The van der Waals surface area contributed by atoms with E-state index in [9.17, 15) is 19.6 Å². The first-order valence-corrected chi connectivity index (χ1v) is 10.7. The normalized spacial score (nSPS) is 15.4. The van der Waals surface area contributed by atoms with E-state index in [2.05, 4.69) is 11.1 Å². The van der Waals surface area contributed by atoms with E-state index in [1.54, 1.807) is 24.4 Å². The summed E-state index contributed by atoms with van der Waals surface area (Å²) in [6.07, 6.45) is 1.24. The number of pyridine rings is 1. The van der Waals surface area contributed by atoms with Crippen LogP contribution in [0.15, 0.2) is 59.1 Å². The topological polar surface area (TPSA) is 99.6 Å². The molecule has 4 aromatic rings. The number of rotatable bonds is 5. The number of halogens is 1. The number of hydrogen-bond acceptors (Lipinski definition) is 6. The van der Waals surface area contributed by atoms with E-state index in [0.29, 0.717) is 46.7 Å². The van der Waals surface area contributed by atoms with E-state index in [1.807, 2.05) is 23.1 Å². The van der Waals surface area contributed by atoms with Crippen molar-refractivity contribution in [3.05, 3.63) is 65.9 Å². The van der Waals surface area contributed by atoms with Gasteiger partial charge in [0.1, 0.15) is 29.3 Å². The van der Waals surface area contributed by atoms with Gasteiger partial charge in [0, 0.05) is 30.9 Å². The van der Waals surface area contributed by atoms with Crippen molar-refractivity contribution in [3.8, 4) is 34.3 Å². The third-order valence-electron chi connectivity index (χ3n) is 6.03.